The molecule has 3 rings (SSSR count). The van der Waals surface area contributed by atoms with E-state index in [-0.39, 0.29) is 12.4 Å². The number of benzene rings is 1. The van der Waals surface area contributed by atoms with Crippen LogP contribution >= 0.6 is 0 Å². The predicted octanol–water partition coefficient (Wildman–Crippen LogP) is 1.27. The van der Waals surface area contributed by atoms with Crippen LogP contribution in [0.15, 0.2) is 24.4 Å². The van der Waals surface area contributed by atoms with E-state index < -0.39 is 5.97 Å². The van der Waals surface area contributed by atoms with Crippen LogP contribution in [-0.2, 0) is 9.47 Å². The molecule has 0 amide bonds. The van der Waals surface area contributed by atoms with E-state index in [1.54, 1.807) is 13.0 Å². The molecular weight excluding hydrogens is 337 g/mol. The summed E-state index contributed by atoms with van der Waals surface area (Å²) in [5.41, 5.74) is 1.56. The number of carbonyl (C=O) groups excluding carboxylic acids is 1. The minimum atomic E-state index is -0.451. The first-order valence-electron chi connectivity index (χ1n) is 9.09. The number of halogens is 1. The van der Waals surface area contributed by atoms with E-state index in [0.717, 1.165) is 39.3 Å². The summed E-state index contributed by atoms with van der Waals surface area (Å²) in [4.78, 5) is 18.0. The Morgan fingerprint density at radius 2 is 2.19 bits per heavy atom. The molecule has 2 heterocycles. The van der Waals surface area contributed by atoms with Gasteiger partial charge in [-0.25, -0.2) is 9.18 Å². The number of quaternary nitrogens is 1. The maximum atomic E-state index is 13.7. The molecular formula is C19H25FN3O3+. The Labute approximate surface area is 152 Å². The quantitative estimate of drug-likeness (QED) is 0.574. The van der Waals surface area contributed by atoms with Gasteiger partial charge in [-0.1, -0.05) is 0 Å². The average molecular weight is 362 g/mol. The highest BCUT2D eigenvalue weighted by atomic mass is 19.1. The molecule has 0 unspecified atom stereocenters. The summed E-state index contributed by atoms with van der Waals surface area (Å²) in [5.74, 6) is -0.811. The molecule has 7 heteroatoms. The van der Waals surface area contributed by atoms with Gasteiger partial charge < -0.3 is 19.7 Å². The minimum Gasteiger partial charge on any atom is -0.462 e. The summed E-state index contributed by atoms with van der Waals surface area (Å²) >= 11 is 0. The van der Waals surface area contributed by atoms with Crippen molar-refractivity contribution >= 4 is 22.6 Å². The van der Waals surface area contributed by atoms with Crippen LogP contribution < -0.4 is 10.2 Å². The summed E-state index contributed by atoms with van der Waals surface area (Å²) in [6.45, 7) is 7.42. The number of pyridine rings is 1. The maximum Gasteiger partial charge on any atom is 0.341 e. The minimum absolute atomic E-state index is 0.278. The molecule has 1 fully saturated rings. The number of hydrogen-bond acceptors (Lipinski definition) is 5. The van der Waals surface area contributed by atoms with Crippen LogP contribution in [-0.4, -0.2) is 57.0 Å². The summed E-state index contributed by atoms with van der Waals surface area (Å²) in [5, 5.41) is 3.90. The summed E-state index contributed by atoms with van der Waals surface area (Å²) in [6, 6.07) is 4.38. The van der Waals surface area contributed by atoms with Crippen molar-refractivity contribution in [3.05, 3.63) is 35.8 Å². The van der Waals surface area contributed by atoms with Crippen LogP contribution in [0.1, 0.15) is 23.7 Å². The fraction of sp³-hybridized carbons (Fsp3) is 0.474. The first kappa shape index (κ1) is 18.5. The van der Waals surface area contributed by atoms with Gasteiger partial charge in [0.2, 0.25) is 0 Å². The van der Waals surface area contributed by atoms with E-state index in [1.807, 2.05) is 0 Å². The number of carbonyl (C=O) groups is 1. The molecule has 26 heavy (non-hydrogen) atoms. The number of nitrogens with zero attached hydrogens (tertiary/aromatic N) is 1. The number of anilines is 1. The number of rotatable bonds is 7. The molecule has 1 aliphatic rings. The molecule has 0 aliphatic carbocycles. The van der Waals surface area contributed by atoms with Crippen molar-refractivity contribution in [3.63, 3.8) is 0 Å². The summed E-state index contributed by atoms with van der Waals surface area (Å²) < 4.78 is 24.2. The lowest BCUT2D eigenvalue weighted by atomic mass is 10.1. The molecule has 140 valence electrons. The normalized spacial score (nSPS) is 15.2. The van der Waals surface area contributed by atoms with E-state index in [9.17, 15) is 9.18 Å². The number of esters is 1. The zero-order chi connectivity index (χ0) is 18.4. The molecule has 1 saturated heterocycles. The van der Waals surface area contributed by atoms with E-state index >= 15 is 0 Å². The first-order chi connectivity index (χ1) is 12.7. The lowest BCUT2D eigenvalue weighted by Gasteiger charge is -2.23. The molecule has 2 N–H and O–H groups in total. The molecule has 0 bridgehead atoms. The zero-order valence-electron chi connectivity index (χ0n) is 15.0. The second-order valence-corrected chi connectivity index (χ2v) is 6.32. The monoisotopic (exact) mass is 362 g/mol. The van der Waals surface area contributed by atoms with Gasteiger partial charge in [0, 0.05) is 24.5 Å². The van der Waals surface area contributed by atoms with Gasteiger partial charge in [0.25, 0.3) is 0 Å². The maximum absolute atomic E-state index is 13.7. The Morgan fingerprint density at radius 3 is 2.96 bits per heavy atom. The van der Waals surface area contributed by atoms with Crippen LogP contribution in [0.3, 0.4) is 0 Å². The molecule has 1 aromatic heterocycles. The topological polar surface area (TPSA) is 64.9 Å². The Balaban J connectivity index is 1.75. The van der Waals surface area contributed by atoms with Gasteiger partial charge >= 0.3 is 5.97 Å². The van der Waals surface area contributed by atoms with Crippen LogP contribution in [0.4, 0.5) is 10.1 Å². The van der Waals surface area contributed by atoms with Crippen molar-refractivity contribution in [3.8, 4) is 0 Å². The third kappa shape index (κ3) is 4.47. The van der Waals surface area contributed by atoms with Gasteiger partial charge in [-0.3, -0.25) is 4.98 Å². The third-order valence-corrected chi connectivity index (χ3v) is 4.53. The zero-order valence-corrected chi connectivity index (χ0v) is 15.0. The van der Waals surface area contributed by atoms with E-state index in [4.69, 9.17) is 9.47 Å². The second-order valence-electron chi connectivity index (χ2n) is 6.32. The van der Waals surface area contributed by atoms with Gasteiger partial charge in [0.1, 0.15) is 24.5 Å². The van der Waals surface area contributed by atoms with Gasteiger partial charge in [0.15, 0.2) is 0 Å². The summed E-state index contributed by atoms with van der Waals surface area (Å²) in [6.07, 6.45) is 2.44. The Morgan fingerprint density at radius 1 is 1.38 bits per heavy atom. The van der Waals surface area contributed by atoms with Gasteiger partial charge in [-0.05, 0) is 25.1 Å². The van der Waals surface area contributed by atoms with E-state index in [1.165, 1.54) is 23.2 Å². The number of fused-ring (bicyclic) bond motifs is 1. The van der Waals surface area contributed by atoms with Crippen LogP contribution in [0.2, 0.25) is 0 Å². The first-order valence-corrected chi connectivity index (χ1v) is 9.09. The smallest absolute Gasteiger partial charge is 0.341 e. The molecule has 0 atom stereocenters. The Bertz CT molecular complexity index is 763. The van der Waals surface area contributed by atoms with Crippen LogP contribution in [0.25, 0.3) is 10.9 Å². The van der Waals surface area contributed by atoms with Crippen LogP contribution in [0.5, 0.6) is 0 Å². The highest BCUT2D eigenvalue weighted by Gasteiger charge is 2.18. The highest BCUT2D eigenvalue weighted by Crippen LogP contribution is 2.27. The van der Waals surface area contributed by atoms with Crippen molar-refractivity contribution in [1.82, 2.24) is 4.98 Å². The molecule has 0 spiro atoms. The predicted molar refractivity (Wildman–Crippen MR) is 97.1 cm³/mol. The lowest BCUT2D eigenvalue weighted by molar-refractivity contribution is -0.908. The average Bonchev–Trinajstić information content (AvgIpc) is 2.66. The number of morpholine rings is 1. The molecule has 6 nitrogen and oxygen atoms in total. The van der Waals surface area contributed by atoms with Crippen molar-refractivity contribution in [2.45, 2.75) is 13.3 Å². The molecule has 1 aromatic carbocycles. The van der Waals surface area contributed by atoms with Crippen LogP contribution in [0, 0.1) is 5.82 Å². The number of nitrogens with one attached hydrogen (secondary N) is 2. The molecule has 1 aliphatic heterocycles. The Kier molecular flexibility index (Phi) is 6.35. The Hall–Kier alpha value is -2.25. The summed E-state index contributed by atoms with van der Waals surface area (Å²) in [7, 11) is 0. The van der Waals surface area contributed by atoms with Gasteiger partial charge in [-0.15, -0.1) is 0 Å². The second kappa shape index (κ2) is 8.91. The lowest BCUT2D eigenvalue weighted by Crippen LogP contribution is -3.14. The van der Waals surface area contributed by atoms with Crippen molar-refractivity contribution in [1.29, 1.82) is 0 Å². The standard InChI is InChI=1S/C19H24FN3O3/c1-2-26-19(24)16-13-22-17-5-4-14(20)12-15(17)18(16)21-6-3-7-23-8-10-25-11-9-23/h4-5,12-13H,2-3,6-11H2,1H3,(H,21,22)/p+1. The SMILES string of the molecule is CCOC(=O)c1cnc2ccc(F)cc2c1NCCC[NH+]1CCOCC1. The van der Waals surface area contributed by atoms with E-state index in [0.29, 0.717) is 28.7 Å². The third-order valence-electron chi connectivity index (χ3n) is 4.53. The molecule has 2 aromatic rings. The largest absolute Gasteiger partial charge is 0.462 e. The molecule has 0 radical (unpaired) electrons. The number of aromatic nitrogens is 1. The fourth-order valence-electron chi connectivity index (χ4n) is 3.18. The van der Waals surface area contributed by atoms with Gasteiger partial charge in [0.05, 0.1) is 37.6 Å². The van der Waals surface area contributed by atoms with E-state index in [2.05, 4.69) is 10.3 Å². The number of hydrogen-bond donors (Lipinski definition) is 2. The fourth-order valence-corrected chi connectivity index (χ4v) is 3.18. The number of ether oxygens (including phenoxy) is 2. The van der Waals surface area contributed by atoms with Crippen molar-refractivity contribution < 1.29 is 23.6 Å². The van der Waals surface area contributed by atoms with Gasteiger partial charge in [-0.2, -0.15) is 0 Å². The molecule has 0 saturated carbocycles. The van der Waals surface area contributed by atoms with Crippen molar-refractivity contribution in [2.75, 3.05) is 51.3 Å². The highest BCUT2D eigenvalue weighted by molar-refractivity contribution is 6.04. The van der Waals surface area contributed by atoms with Crippen molar-refractivity contribution in [2.24, 2.45) is 0 Å².